The van der Waals surface area contributed by atoms with Gasteiger partial charge in [-0.1, -0.05) is 0 Å². The Morgan fingerprint density at radius 1 is 1.00 bits per heavy atom. The number of aromatic nitrogens is 3. The number of imidazole rings is 1. The van der Waals surface area contributed by atoms with Crippen molar-refractivity contribution in [2.75, 3.05) is 45.2 Å². The fourth-order valence-electron chi connectivity index (χ4n) is 3.33. The quantitative estimate of drug-likeness (QED) is 0.671. The van der Waals surface area contributed by atoms with Crippen molar-refractivity contribution in [3.63, 3.8) is 0 Å². The molecule has 4 rings (SSSR count). The molecule has 30 heavy (non-hydrogen) atoms. The lowest BCUT2D eigenvalue weighted by molar-refractivity contribution is 0.355. The van der Waals surface area contributed by atoms with E-state index in [1.54, 1.807) is 24.5 Å². The molecule has 3 aromatic rings. The highest BCUT2D eigenvalue weighted by Crippen LogP contribution is 2.24. The van der Waals surface area contributed by atoms with Crippen LogP contribution in [0.5, 0.6) is 0 Å². The van der Waals surface area contributed by atoms with E-state index in [-0.39, 0.29) is 5.82 Å². The molecule has 1 aliphatic heterocycles. The van der Waals surface area contributed by atoms with Crippen LogP contribution in [0.15, 0.2) is 48.8 Å². The van der Waals surface area contributed by atoms with Gasteiger partial charge < -0.3 is 9.88 Å². The van der Waals surface area contributed by atoms with E-state index in [0.29, 0.717) is 32.0 Å². The van der Waals surface area contributed by atoms with Crippen molar-refractivity contribution in [2.24, 2.45) is 0 Å². The van der Waals surface area contributed by atoms with Gasteiger partial charge in [0.1, 0.15) is 17.5 Å². The Balaban J connectivity index is 1.44. The standard InChI is InChI=1S/C20H23FN6O2S/c1-25(2)30(28,29)27-11-9-26(10-12-27)19-8-5-16(13-22-19)20-23-14-18(24-20)15-3-6-17(21)7-4-15/h3-8,13-14H,9-12H2,1-2H3,(H,23,24). The van der Waals surface area contributed by atoms with Gasteiger partial charge in [-0.3, -0.25) is 0 Å². The second-order valence-corrected chi connectivity index (χ2v) is 9.36. The number of hydrogen-bond donors (Lipinski definition) is 1. The number of anilines is 1. The maximum absolute atomic E-state index is 13.1. The van der Waals surface area contributed by atoms with Gasteiger partial charge in [-0.2, -0.15) is 17.0 Å². The van der Waals surface area contributed by atoms with Crippen LogP contribution in [-0.4, -0.2) is 72.3 Å². The molecule has 0 bridgehead atoms. The number of benzene rings is 1. The van der Waals surface area contributed by atoms with Crippen molar-refractivity contribution in [1.29, 1.82) is 0 Å². The molecule has 0 atom stereocenters. The molecule has 10 heteroatoms. The topological polar surface area (TPSA) is 85.4 Å². The first-order valence-corrected chi connectivity index (χ1v) is 10.9. The number of rotatable bonds is 5. The summed E-state index contributed by atoms with van der Waals surface area (Å²) in [4.78, 5) is 14.3. The summed E-state index contributed by atoms with van der Waals surface area (Å²) in [5.41, 5.74) is 2.39. The molecule has 0 saturated carbocycles. The number of H-pyrrole nitrogens is 1. The number of aromatic amines is 1. The molecule has 1 aromatic carbocycles. The molecular formula is C20H23FN6O2S. The third kappa shape index (κ3) is 4.07. The molecule has 8 nitrogen and oxygen atoms in total. The van der Waals surface area contributed by atoms with Crippen molar-refractivity contribution < 1.29 is 12.8 Å². The smallest absolute Gasteiger partial charge is 0.281 e. The second kappa shape index (κ2) is 8.13. The van der Waals surface area contributed by atoms with E-state index in [9.17, 15) is 12.8 Å². The lowest BCUT2D eigenvalue weighted by atomic mass is 10.2. The van der Waals surface area contributed by atoms with Crippen molar-refractivity contribution in [3.8, 4) is 22.6 Å². The van der Waals surface area contributed by atoms with Crippen LogP contribution in [0.1, 0.15) is 0 Å². The molecule has 0 amide bonds. The van der Waals surface area contributed by atoms with Gasteiger partial charge in [0.15, 0.2) is 0 Å². The predicted octanol–water partition coefficient (Wildman–Crippen LogP) is 2.21. The Morgan fingerprint density at radius 2 is 1.67 bits per heavy atom. The highest BCUT2D eigenvalue weighted by molar-refractivity contribution is 7.86. The summed E-state index contributed by atoms with van der Waals surface area (Å²) in [6, 6.07) is 10.0. The molecule has 1 N–H and O–H groups in total. The van der Waals surface area contributed by atoms with Crippen LogP contribution >= 0.6 is 0 Å². The average Bonchev–Trinajstić information content (AvgIpc) is 3.24. The zero-order valence-electron chi connectivity index (χ0n) is 16.8. The molecular weight excluding hydrogens is 407 g/mol. The lowest BCUT2D eigenvalue weighted by Gasteiger charge is -2.35. The van der Waals surface area contributed by atoms with Crippen LogP contribution < -0.4 is 4.90 Å². The average molecular weight is 431 g/mol. The second-order valence-electron chi connectivity index (χ2n) is 7.22. The molecule has 2 aromatic heterocycles. The molecule has 1 saturated heterocycles. The molecule has 1 aliphatic rings. The zero-order valence-corrected chi connectivity index (χ0v) is 17.6. The van der Waals surface area contributed by atoms with Crippen LogP contribution in [0.25, 0.3) is 22.6 Å². The summed E-state index contributed by atoms with van der Waals surface area (Å²) in [5.74, 6) is 1.19. The molecule has 0 spiro atoms. The molecule has 0 unspecified atom stereocenters. The Labute approximate surface area is 175 Å². The monoisotopic (exact) mass is 430 g/mol. The van der Waals surface area contributed by atoms with Crippen LogP contribution in [0.2, 0.25) is 0 Å². The molecule has 158 valence electrons. The Hall–Kier alpha value is -2.82. The van der Waals surface area contributed by atoms with E-state index < -0.39 is 10.2 Å². The number of pyridine rings is 1. The maximum atomic E-state index is 13.1. The van der Waals surface area contributed by atoms with E-state index in [4.69, 9.17) is 0 Å². The highest BCUT2D eigenvalue weighted by atomic mass is 32.2. The predicted molar refractivity (Wildman–Crippen MR) is 114 cm³/mol. The van der Waals surface area contributed by atoms with Gasteiger partial charge in [0.05, 0.1) is 5.69 Å². The summed E-state index contributed by atoms with van der Waals surface area (Å²) in [5, 5.41) is 0. The number of halogens is 1. The summed E-state index contributed by atoms with van der Waals surface area (Å²) in [7, 11) is -0.305. The minimum Gasteiger partial charge on any atom is -0.354 e. The van der Waals surface area contributed by atoms with Crippen molar-refractivity contribution in [3.05, 3.63) is 54.6 Å². The third-order valence-corrected chi connectivity index (χ3v) is 7.03. The number of hydrogen-bond acceptors (Lipinski definition) is 5. The maximum Gasteiger partial charge on any atom is 0.281 e. The van der Waals surface area contributed by atoms with E-state index in [1.807, 2.05) is 12.1 Å². The van der Waals surface area contributed by atoms with Crippen molar-refractivity contribution in [2.45, 2.75) is 0 Å². The van der Waals surface area contributed by atoms with Crippen LogP contribution in [0, 0.1) is 5.82 Å². The van der Waals surface area contributed by atoms with E-state index in [1.165, 1.54) is 34.8 Å². The molecule has 1 fully saturated rings. The summed E-state index contributed by atoms with van der Waals surface area (Å²) >= 11 is 0. The first-order chi connectivity index (χ1) is 14.3. The van der Waals surface area contributed by atoms with E-state index in [0.717, 1.165) is 22.6 Å². The Bertz CT molecular complexity index is 1100. The highest BCUT2D eigenvalue weighted by Gasteiger charge is 2.28. The van der Waals surface area contributed by atoms with Crippen molar-refractivity contribution >= 4 is 16.0 Å². The number of piperazine rings is 1. The van der Waals surface area contributed by atoms with Gasteiger partial charge in [-0.05, 0) is 36.4 Å². The third-order valence-electron chi connectivity index (χ3n) is 5.09. The Kier molecular flexibility index (Phi) is 5.54. The Morgan fingerprint density at radius 3 is 2.27 bits per heavy atom. The first-order valence-electron chi connectivity index (χ1n) is 9.55. The van der Waals surface area contributed by atoms with Gasteiger partial charge in [0.25, 0.3) is 10.2 Å². The minimum absolute atomic E-state index is 0.283. The van der Waals surface area contributed by atoms with Crippen LogP contribution in [-0.2, 0) is 10.2 Å². The van der Waals surface area contributed by atoms with Crippen LogP contribution in [0.4, 0.5) is 10.2 Å². The molecule has 0 aliphatic carbocycles. The van der Waals surface area contributed by atoms with E-state index in [2.05, 4.69) is 19.9 Å². The van der Waals surface area contributed by atoms with E-state index >= 15 is 0 Å². The normalized spacial score (nSPS) is 15.7. The van der Waals surface area contributed by atoms with Gasteiger partial charge in [-0.25, -0.2) is 14.4 Å². The summed E-state index contributed by atoms with van der Waals surface area (Å²) < 4.78 is 40.3. The fraction of sp³-hybridized carbons (Fsp3) is 0.300. The summed E-state index contributed by atoms with van der Waals surface area (Å²) in [6.07, 6.45) is 3.52. The lowest BCUT2D eigenvalue weighted by Crippen LogP contribution is -2.51. The molecule has 3 heterocycles. The number of nitrogens with one attached hydrogen (secondary N) is 1. The fourth-order valence-corrected chi connectivity index (χ4v) is 4.42. The summed E-state index contributed by atoms with van der Waals surface area (Å²) in [6.45, 7) is 2.00. The zero-order chi connectivity index (χ0) is 21.3. The SMILES string of the molecule is CN(C)S(=O)(=O)N1CCN(c2ccc(-c3nc(-c4ccc(F)cc4)c[nH]3)cn2)CC1. The minimum atomic E-state index is -3.38. The first kappa shape index (κ1) is 20.5. The number of nitrogens with zero attached hydrogens (tertiary/aromatic N) is 5. The van der Waals surface area contributed by atoms with Gasteiger partial charge in [0.2, 0.25) is 0 Å². The largest absolute Gasteiger partial charge is 0.354 e. The van der Waals surface area contributed by atoms with Crippen molar-refractivity contribution in [1.82, 2.24) is 23.6 Å². The van der Waals surface area contributed by atoms with Gasteiger partial charge in [-0.15, -0.1) is 0 Å². The van der Waals surface area contributed by atoms with Crippen LogP contribution in [0.3, 0.4) is 0 Å². The van der Waals surface area contributed by atoms with Gasteiger partial charge >= 0.3 is 0 Å². The molecule has 0 radical (unpaired) electrons. The van der Waals surface area contributed by atoms with Gasteiger partial charge in [0, 0.05) is 63.8 Å².